The van der Waals surface area contributed by atoms with Gasteiger partial charge in [-0.2, -0.15) is 0 Å². The van der Waals surface area contributed by atoms with Gasteiger partial charge in [-0.1, -0.05) is 198 Å². The van der Waals surface area contributed by atoms with Gasteiger partial charge in [0, 0.05) is 44.4 Å². The van der Waals surface area contributed by atoms with Crippen LogP contribution in [0.4, 0.5) is 17.1 Å². The van der Waals surface area contributed by atoms with E-state index in [-0.39, 0.29) is 10.8 Å². The van der Waals surface area contributed by atoms with Gasteiger partial charge in [0.25, 0.3) is 0 Å². The van der Waals surface area contributed by atoms with Crippen LogP contribution in [0.3, 0.4) is 0 Å². The Hall–Kier alpha value is -8.98. The Kier molecular flexibility index (Phi) is 9.94. The maximum atomic E-state index is 2.46. The molecule has 0 radical (unpaired) electrons. The van der Waals surface area contributed by atoms with Gasteiger partial charge >= 0.3 is 0 Å². The highest BCUT2D eigenvalue weighted by Gasteiger charge is 2.37. The Morgan fingerprint density at radius 3 is 1.39 bits per heavy atom. The van der Waals surface area contributed by atoms with Gasteiger partial charge in [-0.15, -0.1) is 0 Å². The largest absolute Gasteiger partial charge is 0.310 e. The standard InChI is InChI=1S/C72H54N2/c1-71(2)64-26-14-11-22-59(64)61-40-34-50(45-66(61)71)52-42-51(43-53(44-52)58-25-17-29-69-70(58)63-24-13-16-28-68(63)74(69)54-20-9-6-10-21-54)49-32-37-56(38-33-49)73(55-35-30-48(31-36-55)47-18-7-5-8-19-47)57-39-41-62-60-23-12-15-27-65(60)72(3,4)67(62)46-57/h5-46H,1-4H3. The van der Waals surface area contributed by atoms with Gasteiger partial charge in [-0.3, -0.25) is 0 Å². The summed E-state index contributed by atoms with van der Waals surface area (Å²) >= 11 is 0. The van der Waals surface area contributed by atoms with Crippen molar-refractivity contribution in [3.8, 4) is 72.4 Å². The molecule has 2 aliphatic carbocycles. The molecule has 14 rings (SSSR count). The molecule has 0 spiro atoms. The molecule has 0 atom stereocenters. The first-order valence-electron chi connectivity index (χ1n) is 26.0. The molecule has 0 amide bonds. The van der Waals surface area contributed by atoms with Gasteiger partial charge in [-0.05, 0) is 174 Å². The van der Waals surface area contributed by atoms with E-state index in [4.69, 9.17) is 0 Å². The Balaban J connectivity index is 0.930. The van der Waals surface area contributed by atoms with Crippen molar-refractivity contribution in [3.63, 3.8) is 0 Å². The number of nitrogens with zero attached hydrogens (tertiary/aromatic N) is 2. The van der Waals surface area contributed by atoms with Crippen molar-refractivity contribution >= 4 is 38.9 Å². The molecule has 1 heterocycles. The van der Waals surface area contributed by atoms with E-state index in [1.165, 1.54) is 105 Å². The van der Waals surface area contributed by atoms with Crippen molar-refractivity contribution in [2.45, 2.75) is 38.5 Å². The highest BCUT2D eigenvalue weighted by Crippen LogP contribution is 2.52. The second kappa shape index (κ2) is 16.8. The maximum absolute atomic E-state index is 2.46. The molecule has 1 aromatic heterocycles. The van der Waals surface area contributed by atoms with Gasteiger partial charge in [0.1, 0.15) is 0 Å². The van der Waals surface area contributed by atoms with E-state index in [0.29, 0.717) is 0 Å². The van der Waals surface area contributed by atoms with E-state index in [0.717, 1.165) is 28.3 Å². The quantitative estimate of drug-likeness (QED) is 0.147. The normalized spacial score (nSPS) is 13.6. The third kappa shape index (κ3) is 6.86. The van der Waals surface area contributed by atoms with E-state index in [1.807, 2.05) is 0 Å². The molecule has 2 heteroatoms. The summed E-state index contributed by atoms with van der Waals surface area (Å²) in [6, 6.07) is 94.7. The summed E-state index contributed by atoms with van der Waals surface area (Å²) in [5.41, 5.74) is 27.0. The summed E-state index contributed by atoms with van der Waals surface area (Å²) in [6.07, 6.45) is 0. The third-order valence-corrected chi connectivity index (χ3v) is 16.4. The first-order valence-corrected chi connectivity index (χ1v) is 26.0. The zero-order valence-corrected chi connectivity index (χ0v) is 42.1. The van der Waals surface area contributed by atoms with Gasteiger partial charge < -0.3 is 9.47 Å². The number of aromatic nitrogens is 1. The van der Waals surface area contributed by atoms with Gasteiger partial charge in [0.2, 0.25) is 0 Å². The lowest BCUT2D eigenvalue weighted by molar-refractivity contribution is 0.660. The zero-order chi connectivity index (χ0) is 49.7. The van der Waals surface area contributed by atoms with Crippen LogP contribution in [-0.2, 0) is 10.8 Å². The van der Waals surface area contributed by atoms with Crippen LogP contribution >= 0.6 is 0 Å². The molecule has 0 unspecified atom stereocenters. The number of hydrogen-bond acceptors (Lipinski definition) is 1. The lowest BCUT2D eigenvalue weighted by Gasteiger charge is -2.28. The van der Waals surface area contributed by atoms with Crippen LogP contribution in [0.25, 0.3) is 94.3 Å². The molecule has 11 aromatic carbocycles. The average Bonchev–Trinajstić information content (AvgIpc) is 4.04. The predicted octanol–water partition coefficient (Wildman–Crippen LogP) is 19.5. The van der Waals surface area contributed by atoms with E-state index in [1.54, 1.807) is 0 Å². The minimum absolute atomic E-state index is 0.116. The minimum atomic E-state index is -0.128. The Morgan fingerprint density at radius 2 is 0.730 bits per heavy atom. The molecule has 0 N–H and O–H groups in total. The number of rotatable bonds is 8. The van der Waals surface area contributed by atoms with Crippen molar-refractivity contribution in [1.29, 1.82) is 0 Å². The third-order valence-electron chi connectivity index (χ3n) is 16.4. The van der Waals surface area contributed by atoms with Crippen LogP contribution in [0.2, 0.25) is 0 Å². The van der Waals surface area contributed by atoms with Gasteiger partial charge in [-0.25, -0.2) is 0 Å². The molecule has 0 saturated carbocycles. The number of anilines is 3. The molecule has 2 aliphatic rings. The Labute approximate surface area is 434 Å². The molecule has 74 heavy (non-hydrogen) atoms. The summed E-state index contributed by atoms with van der Waals surface area (Å²) in [5, 5.41) is 2.50. The maximum Gasteiger partial charge on any atom is 0.0547 e. The molecule has 0 saturated heterocycles. The van der Waals surface area contributed by atoms with Crippen LogP contribution in [0.1, 0.15) is 49.9 Å². The predicted molar refractivity (Wildman–Crippen MR) is 312 cm³/mol. The van der Waals surface area contributed by atoms with Crippen LogP contribution in [-0.4, -0.2) is 4.57 Å². The second-order valence-electron chi connectivity index (χ2n) is 21.3. The van der Waals surface area contributed by atoms with E-state index < -0.39 is 0 Å². The molecule has 0 bridgehead atoms. The molecular formula is C72H54N2. The van der Waals surface area contributed by atoms with Crippen LogP contribution in [0.5, 0.6) is 0 Å². The van der Waals surface area contributed by atoms with Crippen molar-refractivity contribution in [2.24, 2.45) is 0 Å². The van der Waals surface area contributed by atoms with E-state index in [2.05, 4.69) is 292 Å². The SMILES string of the molecule is CC1(C)c2ccccc2-c2ccc(-c3cc(-c4ccc(N(c5ccc(-c6ccccc6)cc5)c5ccc6c(c5)C(C)(C)c5ccccc5-6)cc4)cc(-c4cccc5c4c4ccccc4n5-c4ccccc4)c3)cc21. The van der Waals surface area contributed by atoms with E-state index in [9.17, 15) is 0 Å². The molecular weight excluding hydrogens is 893 g/mol. The molecule has 12 aromatic rings. The zero-order valence-electron chi connectivity index (χ0n) is 42.1. The minimum Gasteiger partial charge on any atom is -0.310 e. The van der Waals surface area contributed by atoms with Crippen LogP contribution in [0, 0.1) is 0 Å². The number of para-hydroxylation sites is 2. The molecule has 352 valence electrons. The summed E-state index contributed by atoms with van der Waals surface area (Å²) in [6.45, 7) is 9.47. The fraction of sp³-hybridized carbons (Fsp3) is 0.0833. The Bertz CT molecular complexity index is 4160. The number of hydrogen-bond donors (Lipinski definition) is 0. The summed E-state index contributed by atoms with van der Waals surface area (Å²) in [5.74, 6) is 0. The lowest BCUT2D eigenvalue weighted by atomic mass is 9.81. The summed E-state index contributed by atoms with van der Waals surface area (Å²) in [4.78, 5) is 2.42. The first kappa shape index (κ1) is 43.8. The number of benzene rings is 11. The van der Waals surface area contributed by atoms with Gasteiger partial charge in [0.05, 0.1) is 11.0 Å². The molecule has 2 nitrogen and oxygen atoms in total. The number of fused-ring (bicyclic) bond motifs is 9. The summed E-state index contributed by atoms with van der Waals surface area (Å²) in [7, 11) is 0. The highest BCUT2D eigenvalue weighted by molar-refractivity contribution is 6.16. The monoisotopic (exact) mass is 946 g/mol. The van der Waals surface area contributed by atoms with Crippen molar-refractivity contribution in [3.05, 3.63) is 277 Å². The summed E-state index contributed by atoms with van der Waals surface area (Å²) < 4.78 is 2.42. The average molecular weight is 947 g/mol. The van der Waals surface area contributed by atoms with Crippen LogP contribution < -0.4 is 4.90 Å². The Morgan fingerprint density at radius 1 is 0.284 bits per heavy atom. The highest BCUT2D eigenvalue weighted by atomic mass is 15.1. The van der Waals surface area contributed by atoms with Crippen molar-refractivity contribution in [1.82, 2.24) is 4.57 Å². The van der Waals surface area contributed by atoms with Gasteiger partial charge in [0.15, 0.2) is 0 Å². The fourth-order valence-corrected chi connectivity index (χ4v) is 12.6. The topological polar surface area (TPSA) is 8.17 Å². The fourth-order valence-electron chi connectivity index (χ4n) is 12.6. The first-order chi connectivity index (χ1) is 36.2. The smallest absolute Gasteiger partial charge is 0.0547 e. The molecule has 0 aliphatic heterocycles. The van der Waals surface area contributed by atoms with Crippen molar-refractivity contribution in [2.75, 3.05) is 4.90 Å². The van der Waals surface area contributed by atoms with Crippen molar-refractivity contribution < 1.29 is 0 Å². The van der Waals surface area contributed by atoms with Crippen LogP contribution in [0.15, 0.2) is 255 Å². The molecule has 0 fully saturated rings. The lowest BCUT2D eigenvalue weighted by Crippen LogP contribution is -2.16. The van der Waals surface area contributed by atoms with E-state index >= 15 is 0 Å². The second-order valence-corrected chi connectivity index (χ2v) is 21.3.